The largest absolute Gasteiger partial charge is 0.481 e. The van der Waals surface area contributed by atoms with Crippen LogP contribution in [0.3, 0.4) is 0 Å². The van der Waals surface area contributed by atoms with Crippen molar-refractivity contribution in [3.05, 3.63) is 27.7 Å². The molecule has 0 atom stereocenters. The summed E-state index contributed by atoms with van der Waals surface area (Å²) in [6.45, 7) is 0. The maximum atomic E-state index is 11.5. The van der Waals surface area contributed by atoms with Crippen molar-refractivity contribution >= 4 is 51.1 Å². The van der Waals surface area contributed by atoms with Crippen molar-refractivity contribution in [2.24, 2.45) is 0 Å². The first-order valence-electron chi connectivity index (χ1n) is 5.16. The van der Waals surface area contributed by atoms with Crippen molar-refractivity contribution in [3.8, 4) is 0 Å². The fourth-order valence-electron chi connectivity index (χ4n) is 1.16. The zero-order valence-electron chi connectivity index (χ0n) is 9.57. The Balaban J connectivity index is 2.53. The predicted octanol–water partition coefficient (Wildman–Crippen LogP) is 2.62. The Kier molecular flexibility index (Phi) is 5.78. The molecular weight excluding hydrogens is 339 g/mol. The predicted molar refractivity (Wildman–Crippen MR) is 73.2 cm³/mol. The normalized spacial score (nSPS) is 9.79. The van der Waals surface area contributed by atoms with E-state index in [4.69, 9.17) is 16.7 Å². The van der Waals surface area contributed by atoms with E-state index in [1.54, 1.807) is 18.2 Å². The Bertz CT molecular complexity index is 521. The third-order valence-corrected chi connectivity index (χ3v) is 2.82. The van der Waals surface area contributed by atoms with Crippen LogP contribution < -0.4 is 10.6 Å². The number of nitrogens with one attached hydrogen (secondary N) is 2. The Hall–Kier alpha value is -1.60. The van der Waals surface area contributed by atoms with Gasteiger partial charge in [-0.1, -0.05) is 27.5 Å². The third-order valence-electron chi connectivity index (χ3n) is 2.00. The minimum absolute atomic E-state index is 0.269. The van der Waals surface area contributed by atoms with Gasteiger partial charge in [0.05, 0.1) is 17.1 Å². The van der Waals surface area contributed by atoms with E-state index in [1.165, 1.54) is 0 Å². The summed E-state index contributed by atoms with van der Waals surface area (Å²) in [5, 5.41) is 13.1. The van der Waals surface area contributed by atoms with Gasteiger partial charge in [0.15, 0.2) is 0 Å². The van der Waals surface area contributed by atoms with Crippen LogP contribution in [-0.4, -0.2) is 23.0 Å². The average molecular weight is 350 g/mol. The van der Waals surface area contributed by atoms with Gasteiger partial charge in [-0.05, 0) is 18.2 Å². The number of hydrogen-bond donors (Lipinski definition) is 3. The second-order valence-corrected chi connectivity index (χ2v) is 4.84. The Labute approximate surface area is 122 Å². The number of aliphatic carboxylic acids is 1. The van der Waals surface area contributed by atoms with Crippen molar-refractivity contribution in [2.75, 3.05) is 5.32 Å². The van der Waals surface area contributed by atoms with Gasteiger partial charge >= 0.3 is 12.0 Å². The molecule has 19 heavy (non-hydrogen) atoms. The molecule has 0 aromatic heterocycles. The SMILES string of the molecule is O=C(O)CCC(=O)NC(=O)Nc1cc(Br)ccc1Cl. The molecule has 0 aliphatic rings. The molecular formula is C11H10BrClN2O4. The molecule has 1 aromatic carbocycles. The number of amides is 3. The van der Waals surface area contributed by atoms with E-state index in [9.17, 15) is 14.4 Å². The standard InChI is InChI=1S/C11H10BrClN2O4/c12-6-1-2-7(13)8(5-6)14-11(19)15-9(16)3-4-10(17)18/h1-2,5H,3-4H2,(H,17,18)(H2,14,15,16,19). The molecule has 0 radical (unpaired) electrons. The summed E-state index contributed by atoms with van der Waals surface area (Å²) in [6, 6.07) is 4.08. The highest BCUT2D eigenvalue weighted by Gasteiger charge is 2.11. The van der Waals surface area contributed by atoms with E-state index in [-0.39, 0.29) is 12.8 Å². The van der Waals surface area contributed by atoms with Gasteiger partial charge < -0.3 is 10.4 Å². The molecule has 0 bridgehead atoms. The molecule has 0 fully saturated rings. The number of rotatable bonds is 4. The van der Waals surface area contributed by atoms with Gasteiger partial charge in [0.2, 0.25) is 5.91 Å². The van der Waals surface area contributed by atoms with Crippen molar-refractivity contribution in [3.63, 3.8) is 0 Å². The van der Waals surface area contributed by atoms with E-state index >= 15 is 0 Å². The number of imide groups is 1. The second-order valence-electron chi connectivity index (χ2n) is 3.52. The molecule has 102 valence electrons. The van der Waals surface area contributed by atoms with Crippen LogP contribution >= 0.6 is 27.5 Å². The molecule has 8 heteroatoms. The number of hydrogen-bond acceptors (Lipinski definition) is 3. The molecule has 0 heterocycles. The first-order chi connectivity index (χ1) is 8.88. The van der Waals surface area contributed by atoms with Crippen LogP contribution in [0.2, 0.25) is 5.02 Å². The van der Waals surface area contributed by atoms with Gasteiger partial charge in [0.1, 0.15) is 0 Å². The highest BCUT2D eigenvalue weighted by atomic mass is 79.9. The summed E-state index contributed by atoms with van der Waals surface area (Å²) in [5.74, 6) is -1.78. The fraction of sp³-hybridized carbons (Fsp3) is 0.182. The summed E-state index contributed by atoms with van der Waals surface area (Å²) < 4.78 is 0.712. The smallest absolute Gasteiger partial charge is 0.325 e. The van der Waals surface area contributed by atoms with Gasteiger partial charge in [-0.25, -0.2) is 4.79 Å². The number of carbonyl (C=O) groups is 3. The average Bonchev–Trinajstić information content (AvgIpc) is 2.31. The lowest BCUT2D eigenvalue weighted by Gasteiger charge is -2.08. The van der Waals surface area contributed by atoms with Crippen LogP contribution in [0.4, 0.5) is 10.5 Å². The monoisotopic (exact) mass is 348 g/mol. The summed E-state index contributed by atoms with van der Waals surface area (Å²) in [6.07, 6.45) is -0.605. The minimum atomic E-state index is -1.11. The first-order valence-corrected chi connectivity index (χ1v) is 6.33. The lowest BCUT2D eigenvalue weighted by molar-refractivity contribution is -0.138. The van der Waals surface area contributed by atoms with Crippen LogP contribution in [0.1, 0.15) is 12.8 Å². The van der Waals surface area contributed by atoms with Crippen LogP contribution in [0.15, 0.2) is 22.7 Å². The quantitative estimate of drug-likeness (QED) is 0.778. The molecule has 3 amide bonds. The number of benzene rings is 1. The van der Waals surface area contributed by atoms with Gasteiger partial charge in [-0.2, -0.15) is 0 Å². The van der Waals surface area contributed by atoms with Gasteiger partial charge in [-0.15, -0.1) is 0 Å². The highest BCUT2D eigenvalue weighted by Crippen LogP contribution is 2.25. The summed E-state index contributed by atoms with van der Waals surface area (Å²) in [7, 11) is 0. The molecule has 0 spiro atoms. The zero-order valence-corrected chi connectivity index (χ0v) is 11.9. The van der Waals surface area contributed by atoms with Crippen LogP contribution in [0.5, 0.6) is 0 Å². The Morgan fingerprint density at radius 2 is 1.95 bits per heavy atom. The van der Waals surface area contributed by atoms with Crippen LogP contribution in [0.25, 0.3) is 0 Å². The first kappa shape index (κ1) is 15.5. The van der Waals surface area contributed by atoms with E-state index in [1.807, 2.05) is 5.32 Å². The summed E-state index contributed by atoms with van der Waals surface area (Å²) in [4.78, 5) is 32.9. The maximum absolute atomic E-state index is 11.5. The van der Waals surface area contributed by atoms with Crippen molar-refractivity contribution in [1.82, 2.24) is 5.32 Å². The summed E-state index contributed by atoms with van der Waals surface area (Å²) in [5.41, 5.74) is 0.333. The molecule has 0 saturated heterocycles. The van der Waals surface area contributed by atoms with Crippen molar-refractivity contribution in [2.45, 2.75) is 12.8 Å². The molecule has 1 aromatic rings. The molecule has 0 aliphatic carbocycles. The molecule has 3 N–H and O–H groups in total. The number of anilines is 1. The number of urea groups is 1. The number of carbonyl (C=O) groups excluding carboxylic acids is 2. The summed E-state index contributed by atoms with van der Waals surface area (Å²) >= 11 is 9.07. The number of carboxylic acid groups (broad SMARTS) is 1. The van der Waals surface area contributed by atoms with Crippen molar-refractivity contribution < 1.29 is 19.5 Å². The maximum Gasteiger partial charge on any atom is 0.325 e. The molecule has 0 aliphatic heterocycles. The van der Waals surface area contributed by atoms with Gasteiger partial charge in [0, 0.05) is 10.9 Å². The Morgan fingerprint density at radius 3 is 2.58 bits per heavy atom. The highest BCUT2D eigenvalue weighted by molar-refractivity contribution is 9.10. The van der Waals surface area contributed by atoms with Crippen LogP contribution in [0, 0.1) is 0 Å². The Morgan fingerprint density at radius 1 is 1.26 bits per heavy atom. The van der Waals surface area contributed by atoms with Gasteiger partial charge in [0.25, 0.3) is 0 Å². The van der Waals surface area contributed by atoms with E-state index < -0.39 is 17.9 Å². The number of halogens is 2. The van der Waals surface area contributed by atoms with Gasteiger partial charge in [-0.3, -0.25) is 14.9 Å². The number of carboxylic acids is 1. The molecule has 1 rings (SSSR count). The van der Waals surface area contributed by atoms with E-state index in [0.29, 0.717) is 15.2 Å². The van der Waals surface area contributed by atoms with Crippen molar-refractivity contribution in [1.29, 1.82) is 0 Å². The van der Waals surface area contributed by atoms with E-state index in [2.05, 4.69) is 21.2 Å². The lowest BCUT2D eigenvalue weighted by atomic mass is 10.3. The van der Waals surface area contributed by atoms with E-state index in [0.717, 1.165) is 0 Å². The minimum Gasteiger partial charge on any atom is -0.481 e. The third kappa shape index (κ3) is 5.71. The molecule has 6 nitrogen and oxygen atoms in total. The zero-order chi connectivity index (χ0) is 14.4. The molecule has 0 saturated carbocycles. The second kappa shape index (κ2) is 7.10. The topological polar surface area (TPSA) is 95.5 Å². The molecule has 0 unspecified atom stereocenters. The lowest BCUT2D eigenvalue weighted by Crippen LogP contribution is -2.34. The van der Waals surface area contributed by atoms with Crippen LogP contribution in [-0.2, 0) is 9.59 Å². The fourth-order valence-corrected chi connectivity index (χ4v) is 1.68.